The number of nitrogens with zero attached hydrogens (tertiary/aromatic N) is 4. The highest BCUT2D eigenvalue weighted by Crippen LogP contribution is 2.31. The zero-order valence-electron chi connectivity index (χ0n) is 17.8. The van der Waals surface area contributed by atoms with Gasteiger partial charge in [-0.05, 0) is 62.8 Å². The second-order valence-electron chi connectivity index (χ2n) is 7.70. The van der Waals surface area contributed by atoms with Gasteiger partial charge in [0, 0.05) is 54.7 Å². The van der Waals surface area contributed by atoms with Crippen molar-refractivity contribution in [3.8, 4) is 0 Å². The zero-order chi connectivity index (χ0) is 20.8. The third-order valence-electron chi connectivity index (χ3n) is 5.58. The Morgan fingerprint density at radius 1 is 1.28 bits per heavy atom. The summed E-state index contributed by atoms with van der Waals surface area (Å²) in [6.07, 6.45) is 7.01. The van der Waals surface area contributed by atoms with Gasteiger partial charge < -0.3 is 9.88 Å². The molecule has 3 aromatic rings. The van der Waals surface area contributed by atoms with E-state index >= 15 is 0 Å². The van der Waals surface area contributed by atoms with E-state index in [0.29, 0.717) is 13.0 Å². The maximum absolute atomic E-state index is 10.1. The van der Waals surface area contributed by atoms with Crippen molar-refractivity contribution in [3.63, 3.8) is 0 Å². The first-order valence-electron chi connectivity index (χ1n) is 10.1. The number of aromatic nitrogens is 3. The minimum atomic E-state index is 0.525. The monoisotopic (exact) mass is 413 g/mol. The molecule has 4 heterocycles. The molecular weight excluding hydrogens is 382 g/mol. The van der Waals surface area contributed by atoms with Crippen LogP contribution >= 0.6 is 11.9 Å². The summed E-state index contributed by atoms with van der Waals surface area (Å²) in [5.41, 5.74) is 4.79. The van der Waals surface area contributed by atoms with Gasteiger partial charge >= 0.3 is 0 Å². The van der Waals surface area contributed by atoms with Gasteiger partial charge in [0.25, 0.3) is 0 Å². The molecule has 0 unspecified atom stereocenters. The van der Waals surface area contributed by atoms with Crippen molar-refractivity contribution < 1.29 is 4.79 Å². The van der Waals surface area contributed by atoms with Crippen molar-refractivity contribution in [2.24, 2.45) is 13.0 Å². The normalized spacial score (nSPS) is 15.2. The van der Waals surface area contributed by atoms with E-state index in [1.54, 1.807) is 10.7 Å². The summed E-state index contributed by atoms with van der Waals surface area (Å²) in [5, 5.41) is 6.74. The van der Waals surface area contributed by atoms with Gasteiger partial charge in [0.05, 0.1) is 11.7 Å². The lowest BCUT2D eigenvalue weighted by Gasteiger charge is -2.28. The topological polar surface area (TPSA) is 54.6 Å². The second-order valence-corrected chi connectivity index (χ2v) is 8.84. The molecular formula is C22H31N5OS. The number of nitrogens with one attached hydrogen (secondary N) is 1. The maximum atomic E-state index is 10.1. The Morgan fingerprint density at radius 3 is 2.69 bits per heavy atom. The van der Waals surface area contributed by atoms with Crippen molar-refractivity contribution in [3.05, 3.63) is 53.6 Å². The number of rotatable bonds is 5. The van der Waals surface area contributed by atoms with E-state index in [9.17, 15) is 4.79 Å². The molecule has 0 atom stereocenters. The molecule has 0 aromatic carbocycles. The number of hydrogen-bond acceptors (Lipinski definition) is 4. The highest BCUT2D eigenvalue weighted by molar-refractivity contribution is 7.97. The second kappa shape index (κ2) is 9.98. The average Bonchev–Trinajstić information content (AvgIpc) is 3.25. The molecule has 3 aromatic heterocycles. The lowest BCUT2D eigenvalue weighted by molar-refractivity contribution is -0.109. The average molecular weight is 414 g/mol. The number of carbonyl (C=O) groups is 1. The Labute approximate surface area is 177 Å². The van der Waals surface area contributed by atoms with Crippen LogP contribution < -0.4 is 5.32 Å². The quantitative estimate of drug-likeness (QED) is 0.508. The molecule has 0 radical (unpaired) electrons. The highest BCUT2D eigenvalue weighted by atomic mass is 32.2. The van der Waals surface area contributed by atoms with Gasteiger partial charge in [-0.1, -0.05) is 13.0 Å². The molecule has 1 saturated heterocycles. The molecule has 1 fully saturated rings. The summed E-state index contributed by atoms with van der Waals surface area (Å²) in [7, 11) is 2.15. The fraction of sp³-hybridized carbons (Fsp3) is 0.455. The van der Waals surface area contributed by atoms with Crippen LogP contribution in [0.25, 0.3) is 5.52 Å². The van der Waals surface area contributed by atoms with Crippen LogP contribution in [0.5, 0.6) is 0 Å². The van der Waals surface area contributed by atoms with Crippen LogP contribution in [0.1, 0.15) is 36.7 Å². The summed E-state index contributed by atoms with van der Waals surface area (Å²) in [6, 6.07) is 8.13. The molecule has 1 N–H and O–H groups in total. The Balaban J connectivity index is 0.000000169. The Hall–Kier alpha value is -2.25. The van der Waals surface area contributed by atoms with Gasteiger partial charge in [0.2, 0.25) is 6.41 Å². The number of pyridine rings is 1. The molecule has 0 bridgehead atoms. The minimum Gasteiger partial charge on any atom is -0.354 e. The number of piperidine rings is 1. The van der Waals surface area contributed by atoms with Crippen LogP contribution in [0.3, 0.4) is 0 Å². The fourth-order valence-corrected chi connectivity index (χ4v) is 4.57. The van der Waals surface area contributed by atoms with E-state index in [4.69, 9.17) is 0 Å². The minimum absolute atomic E-state index is 0.525. The third kappa shape index (κ3) is 5.42. The van der Waals surface area contributed by atoms with Crippen LogP contribution in [0.2, 0.25) is 0 Å². The van der Waals surface area contributed by atoms with E-state index in [-0.39, 0.29) is 0 Å². The summed E-state index contributed by atoms with van der Waals surface area (Å²) in [4.78, 5) is 11.5. The van der Waals surface area contributed by atoms with Crippen LogP contribution in [-0.2, 0) is 18.4 Å². The first-order chi connectivity index (χ1) is 14.0. The fourth-order valence-electron chi connectivity index (χ4n) is 3.40. The molecule has 0 saturated carbocycles. The van der Waals surface area contributed by atoms with E-state index in [0.717, 1.165) is 17.0 Å². The standard InChI is InChI=1S/C13H22N2S.C9H9N3O/c1-10-5-7-15(8-6-10)16-13-9-11(2)14(4)12(13)3;13-7-10-5-8-6-11-12-4-2-1-3-9(8)12/h9-10H,5-8H2,1-4H3;1-4,6-7H,5H2,(H,10,13). The largest absolute Gasteiger partial charge is 0.354 e. The lowest BCUT2D eigenvalue weighted by Crippen LogP contribution is -2.27. The van der Waals surface area contributed by atoms with Crippen LogP contribution in [0, 0.1) is 19.8 Å². The van der Waals surface area contributed by atoms with E-state index < -0.39 is 0 Å². The van der Waals surface area contributed by atoms with Crippen molar-refractivity contribution in [2.45, 2.75) is 45.1 Å². The molecule has 1 aliphatic heterocycles. The van der Waals surface area contributed by atoms with Gasteiger partial charge in [-0.2, -0.15) is 5.10 Å². The van der Waals surface area contributed by atoms with Gasteiger partial charge in [-0.15, -0.1) is 0 Å². The molecule has 29 heavy (non-hydrogen) atoms. The SMILES string of the molecule is Cc1cc(SN2CCC(C)CC2)c(C)n1C.O=CNCc1cnn2ccccc12. The summed E-state index contributed by atoms with van der Waals surface area (Å²) >= 11 is 1.94. The Kier molecular flexibility index (Phi) is 7.39. The summed E-state index contributed by atoms with van der Waals surface area (Å²) in [6.45, 7) is 9.74. The number of aryl methyl sites for hydroxylation is 1. The van der Waals surface area contributed by atoms with Crippen LogP contribution in [0.4, 0.5) is 0 Å². The predicted molar refractivity (Wildman–Crippen MR) is 119 cm³/mol. The summed E-state index contributed by atoms with van der Waals surface area (Å²) < 4.78 is 6.57. The van der Waals surface area contributed by atoms with Gasteiger partial charge in [0.1, 0.15) is 0 Å². The van der Waals surface area contributed by atoms with Crippen molar-refractivity contribution in [1.82, 2.24) is 23.8 Å². The first kappa shape index (κ1) is 21.5. The predicted octanol–water partition coefficient (Wildman–Crippen LogP) is 3.96. The Morgan fingerprint density at radius 2 is 2.03 bits per heavy atom. The maximum Gasteiger partial charge on any atom is 0.207 e. The smallest absolute Gasteiger partial charge is 0.207 e. The highest BCUT2D eigenvalue weighted by Gasteiger charge is 2.18. The molecule has 7 heteroatoms. The molecule has 6 nitrogen and oxygen atoms in total. The Bertz CT molecular complexity index is 940. The molecule has 1 amide bonds. The van der Waals surface area contributed by atoms with Gasteiger partial charge in [0.15, 0.2) is 0 Å². The molecule has 1 aliphatic rings. The number of hydrogen-bond donors (Lipinski definition) is 1. The zero-order valence-corrected chi connectivity index (χ0v) is 18.6. The van der Waals surface area contributed by atoms with Crippen molar-refractivity contribution in [2.75, 3.05) is 13.1 Å². The first-order valence-corrected chi connectivity index (χ1v) is 10.9. The molecule has 0 aliphatic carbocycles. The molecule has 0 spiro atoms. The van der Waals surface area contributed by atoms with Crippen LogP contribution in [0.15, 0.2) is 41.6 Å². The van der Waals surface area contributed by atoms with E-state index in [1.165, 1.54) is 42.2 Å². The van der Waals surface area contributed by atoms with E-state index in [2.05, 4.69) is 53.2 Å². The number of carbonyl (C=O) groups excluding carboxylic acids is 1. The number of amides is 1. The van der Waals surface area contributed by atoms with Crippen molar-refractivity contribution in [1.29, 1.82) is 0 Å². The third-order valence-corrected chi connectivity index (χ3v) is 6.81. The number of fused-ring (bicyclic) bond motifs is 1. The van der Waals surface area contributed by atoms with Gasteiger partial charge in [-0.3, -0.25) is 4.79 Å². The van der Waals surface area contributed by atoms with Crippen LogP contribution in [-0.4, -0.2) is 38.0 Å². The summed E-state index contributed by atoms with van der Waals surface area (Å²) in [5.74, 6) is 0.912. The van der Waals surface area contributed by atoms with E-state index in [1.807, 2.05) is 36.3 Å². The lowest BCUT2D eigenvalue weighted by atomic mass is 10.0. The molecule has 156 valence electrons. The van der Waals surface area contributed by atoms with Crippen molar-refractivity contribution >= 4 is 23.9 Å². The molecule has 4 rings (SSSR count). The van der Waals surface area contributed by atoms with Gasteiger partial charge in [-0.25, -0.2) is 8.82 Å².